The zero-order valence-electron chi connectivity index (χ0n) is 21.7. The van der Waals surface area contributed by atoms with Gasteiger partial charge in [0.05, 0.1) is 12.1 Å². The molecule has 196 valence electrons. The Kier molecular flexibility index (Phi) is 9.09. The van der Waals surface area contributed by atoms with Crippen LogP contribution in [0.15, 0.2) is 53.3 Å². The molecule has 1 fully saturated rings. The molecular formula is C30H37N3O4. The fourth-order valence-corrected chi connectivity index (χ4v) is 5.23. The predicted molar refractivity (Wildman–Crippen MR) is 144 cm³/mol. The van der Waals surface area contributed by atoms with Gasteiger partial charge in [-0.2, -0.15) is 0 Å². The van der Waals surface area contributed by atoms with E-state index in [2.05, 4.69) is 12.0 Å². The summed E-state index contributed by atoms with van der Waals surface area (Å²) in [5, 5.41) is 14.1. The number of carboxylic acid groups (broad SMARTS) is 1. The number of aryl methyl sites for hydroxylation is 1. The molecule has 0 bridgehead atoms. The van der Waals surface area contributed by atoms with Crippen LogP contribution < -0.4 is 5.69 Å². The first kappa shape index (κ1) is 26.6. The molecule has 1 saturated carbocycles. The first-order valence-electron chi connectivity index (χ1n) is 13.6. The topological polar surface area (TPSA) is 94.2 Å². The smallest absolute Gasteiger partial charge is 0.353 e. The molecule has 0 unspecified atom stereocenters. The minimum absolute atomic E-state index is 0.124. The van der Waals surface area contributed by atoms with Crippen molar-refractivity contribution >= 4 is 11.9 Å². The van der Waals surface area contributed by atoms with Gasteiger partial charge in [0.1, 0.15) is 5.82 Å². The van der Waals surface area contributed by atoms with Gasteiger partial charge in [0.25, 0.3) is 5.91 Å². The standard InChI is InChI=1S/C30H37N3O4/c1-2-3-4-5-9-16-27-31-33(28(34)24-12-7-6-8-13-24)30(37)32(27)21-22-17-19-23(20-18-22)25-14-10-11-15-26(25)29(35)36/h10-11,14-15,17-20,24H,2-9,12-13,16,21H2,1H3,(H,35,36). The van der Waals surface area contributed by atoms with Crippen LogP contribution >= 0.6 is 0 Å². The normalized spacial score (nSPS) is 14.1. The largest absolute Gasteiger partial charge is 0.478 e. The third-order valence-electron chi connectivity index (χ3n) is 7.37. The third kappa shape index (κ3) is 6.45. The molecule has 1 heterocycles. The highest BCUT2D eigenvalue weighted by Crippen LogP contribution is 2.26. The van der Waals surface area contributed by atoms with Crippen molar-refractivity contribution in [1.82, 2.24) is 14.3 Å². The van der Waals surface area contributed by atoms with E-state index < -0.39 is 5.97 Å². The van der Waals surface area contributed by atoms with Crippen molar-refractivity contribution in [2.45, 2.75) is 84.1 Å². The molecule has 0 radical (unpaired) electrons. The Bertz CT molecular complexity index is 1270. The van der Waals surface area contributed by atoms with Crippen molar-refractivity contribution in [2.24, 2.45) is 5.92 Å². The molecule has 0 spiro atoms. The highest BCUT2D eigenvalue weighted by Gasteiger charge is 2.27. The highest BCUT2D eigenvalue weighted by molar-refractivity contribution is 5.96. The van der Waals surface area contributed by atoms with Crippen molar-refractivity contribution in [3.63, 3.8) is 0 Å². The molecule has 1 aliphatic rings. The number of carbonyl (C=O) groups excluding carboxylic acids is 1. The van der Waals surface area contributed by atoms with E-state index in [-0.39, 0.29) is 23.1 Å². The summed E-state index contributed by atoms with van der Waals surface area (Å²) in [7, 11) is 0. The number of benzene rings is 2. The molecule has 1 aromatic heterocycles. The Balaban J connectivity index is 1.58. The van der Waals surface area contributed by atoms with Crippen molar-refractivity contribution in [3.05, 3.63) is 76.0 Å². The van der Waals surface area contributed by atoms with Crippen LogP contribution in [0.1, 0.15) is 97.7 Å². The van der Waals surface area contributed by atoms with Crippen molar-refractivity contribution in [3.8, 4) is 11.1 Å². The SMILES string of the molecule is CCCCCCCc1nn(C(=O)C2CCCCC2)c(=O)n1Cc1ccc(-c2ccccc2C(=O)O)cc1. The number of rotatable bonds is 11. The van der Waals surface area contributed by atoms with Gasteiger partial charge in [0, 0.05) is 12.3 Å². The summed E-state index contributed by atoms with van der Waals surface area (Å²) in [5.41, 5.74) is 2.24. The molecule has 0 aliphatic heterocycles. The van der Waals surface area contributed by atoms with Gasteiger partial charge in [-0.1, -0.05) is 94.3 Å². The molecule has 0 saturated heterocycles. The van der Waals surface area contributed by atoms with Crippen molar-refractivity contribution in [2.75, 3.05) is 0 Å². The summed E-state index contributed by atoms with van der Waals surface area (Å²) in [5.74, 6) is -0.604. The zero-order chi connectivity index (χ0) is 26.2. The number of aromatic carboxylic acids is 1. The number of nitrogens with zero attached hydrogens (tertiary/aromatic N) is 3. The predicted octanol–water partition coefficient (Wildman–Crippen LogP) is 6.19. The maximum absolute atomic E-state index is 13.4. The van der Waals surface area contributed by atoms with Crippen LogP contribution in [-0.4, -0.2) is 31.3 Å². The lowest BCUT2D eigenvalue weighted by molar-refractivity contribution is 0.0696. The van der Waals surface area contributed by atoms with Gasteiger partial charge in [-0.25, -0.2) is 9.59 Å². The van der Waals surface area contributed by atoms with Crippen molar-refractivity contribution in [1.29, 1.82) is 0 Å². The zero-order valence-corrected chi connectivity index (χ0v) is 21.7. The second-order valence-corrected chi connectivity index (χ2v) is 10.1. The summed E-state index contributed by atoms with van der Waals surface area (Å²) in [4.78, 5) is 38.2. The lowest BCUT2D eigenvalue weighted by Gasteiger charge is -2.19. The Morgan fingerprint density at radius 2 is 1.65 bits per heavy atom. The van der Waals surface area contributed by atoms with E-state index >= 15 is 0 Å². The van der Waals surface area contributed by atoms with E-state index in [1.54, 1.807) is 22.8 Å². The number of carboxylic acids is 1. The Labute approximate surface area is 218 Å². The second-order valence-electron chi connectivity index (χ2n) is 10.1. The molecule has 4 rings (SSSR count). The number of hydrogen-bond donors (Lipinski definition) is 1. The monoisotopic (exact) mass is 503 g/mol. The average molecular weight is 504 g/mol. The van der Waals surface area contributed by atoms with Gasteiger partial charge in [-0.15, -0.1) is 9.78 Å². The fourth-order valence-electron chi connectivity index (χ4n) is 5.23. The Morgan fingerprint density at radius 3 is 2.35 bits per heavy atom. The van der Waals surface area contributed by atoms with E-state index in [0.717, 1.165) is 67.2 Å². The van der Waals surface area contributed by atoms with Gasteiger partial charge < -0.3 is 5.11 Å². The van der Waals surface area contributed by atoms with E-state index in [1.807, 2.05) is 30.3 Å². The van der Waals surface area contributed by atoms with E-state index in [4.69, 9.17) is 0 Å². The molecule has 2 aromatic carbocycles. The molecule has 37 heavy (non-hydrogen) atoms. The Morgan fingerprint density at radius 1 is 0.946 bits per heavy atom. The quantitative estimate of drug-likeness (QED) is 0.315. The average Bonchev–Trinajstić information content (AvgIpc) is 3.23. The lowest BCUT2D eigenvalue weighted by atomic mass is 9.89. The number of carbonyl (C=O) groups is 2. The summed E-state index contributed by atoms with van der Waals surface area (Å²) in [6.07, 6.45) is 11.0. The number of hydrogen-bond acceptors (Lipinski definition) is 4. The van der Waals surface area contributed by atoms with Gasteiger partial charge in [0.2, 0.25) is 0 Å². The van der Waals surface area contributed by atoms with Crippen LogP contribution in [-0.2, 0) is 13.0 Å². The van der Waals surface area contributed by atoms with Crippen LogP contribution in [0, 0.1) is 5.92 Å². The summed E-state index contributed by atoms with van der Waals surface area (Å²) >= 11 is 0. The molecule has 1 aliphatic carbocycles. The molecule has 0 amide bonds. The minimum Gasteiger partial charge on any atom is -0.478 e. The van der Waals surface area contributed by atoms with Crippen LogP contribution in [0.3, 0.4) is 0 Å². The second kappa shape index (κ2) is 12.7. The molecular weight excluding hydrogens is 466 g/mol. The van der Waals surface area contributed by atoms with Crippen LogP contribution in [0.5, 0.6) is 0 Å². The van der Waals surface area contributed by atoms with E-state index in [1.165, 1.54) is 12.8 Å². The molecule has 7 nitrogen and oxygen atoms in total. The van der Waals surface area contributed by atoms with Gasteiger partial charge >= 0.3 is 11.7 Å². The Hall–Kier alpha value is -3.48. The summed E-state index contributed by atoms with van der Waals surface area (Å²) in [6.45, 7) is 2.50. The van der Waals surface area contributed by atoms with E-state index in [9.17, 15) is 19.5 Å². The maximum atomic E-state index is 13.4. The first-order valence-corrected chi connectivity index (χ1v) is 13.6. The highest BCUT2D eigenvalue weighted by atomic mass is 16.4. The number of unbranched alkanes of at least 4 members (excludes halogenated alkanes) is 4. The lowest BCUT2D eigenvalue weighted by Crippen LogP contribution is -2.35. The minimum atomic E-state index is -0.968. The van der Waals surface area contributed by atoms with Gasteiger partial charge in [0.15, 0.2) is 0 Å². The summed E-state index contributed by atoms with van der Waals surface area (Å²) < 4.78 is 2.76. The summed E-state index contributed by atoms with van der Waals surface area (Å²) in [6, 6.07) is 14.5. The molecule has 7 heteroatoms. The van der Waals surface area contributed by atoms with Crippen LogP contribution in [0.2, 0.25) is 0 Å². The van der Waals surface area contributed by atoms with Crippen LogP contribution in [0.4, 0.5) is 0 Å². The fraction of sp³-hybridized carbons (Fsp3) is 0.467. The first-order chi connectivity index (χ1) is 18.0. The third-order valence-corrected chi connectivity index (χ3v) is 7.37. The van der Waals surface area contributed by atoms with Gasteiger partial charge in [-0.05, 0) is 42.0 Å². The molecule has 0 atom stereocenters. The maximum Gasteiger partial charge on any atom is 0.353 e. The number of aromatic nitrogens is 3. The van der Waals surface area contributed by atoms with Crippen LogP contribution in [0.25, 0.3) is 11.1 Å². The van der Waals surface area contributed by atoms with Gasteiger partial charge in [-0.3, -0.25) is 9.36 Å². The van der Waals surface area contributed by atoms with Crippen molar-refractivity contribution < 1.29 is 14.7 Å². The molecule has 1 N–H and O–H groups in total. The van der Waals surface area contributed by atoms with E-state index in [0.29, 0.717) is 24.4 Å². The molecule has 3 aromatic rings.